The van der Waals surface area contributed by atoms with Crippen LogP contribution in [0, 0.1) is 29.7 Å². The minimum absolute atomic E-state index is 0. The molecule has 0 saturated heterocycles. The minimum atomic E-state index is 0. The second-order valence-electron chi connectivity index (χ2n) is 2.18. The summed E-state index contributed by atoms with van der Waals surface area (Å²) in [5, 5.41) is 0. The monoisotopic (exact) mass is 272 g/mol. The molecule has 100 valence electrons. The van der Waals surface area contributed by atoms with Crippen LogP contribution in [0.4, 0.5) is 0 Å². The van der Waals surface area contributed by atoms with E-state index in [0.29, 0.717) is 0 Å². The molecule has 2 aliphatic carbocycles. The van der Waals surface area contributed by atoms with Crippen molar-refractivity contribution in [3.05, 3.63) is 78.3 Å². The van der Waals surface area contributed by atoms with Crippen LogP contribution in [0.25, 0.3) is 0 Å². The zero-order chi connectivity index (χ0) is 7.07. The fourth-order valence-electron chi connectivity index (χ4n) is 0.786. The SMILES string of the molecule is C.C.C1=CCC=C1.C1=CCC=C1.[CH3-].[CH3-].[CH3-].[CH3-].[Ti+4]. The van der Waals surface area contributed by atoms with E-state index in [4.69, 9.17) is 0 Å². The summed E-state index contributed by atoms with van der Waals surface area (Å²) in [6.45, 7) is 0. The van der Waals surface area contributed by atoms with Gasteiger partial charge in [0, 0.05) is 0 Å². The van der Waals surface area contributed by atoms with E-state index >= 15 is 0 Å². The Morgan fingerprint density at radius 3 is 0.706 bits per heavy atom. The first-order valence-electron chi connectivity index (χ1n) is 3.63. The van der Waals surface area contributed by atoms with E-state index in [-0.39, 0.29) is 66.3 Å². The maximum absolute atomic E-state index is 2.12. The van der Waals surface area contributed by atoms with Gasteiger partial charge >= 0.3 is 21.7 Å². The van der Waals surface area contributed by atoms with E-state index in [0.717, 1.165) is 12.8 Å². The Morgan fingerprint density at radius 2 is 0.647 bits per heavy atom. The second kappa shape index (κ2) is 36.1. The standard InChI is InChI=1S/2C5H6.2CH4.4CH3.Ti/c2*1-2-4-5-3-1;;;;;;;/h2*1-4H,5H2;2*1H4;4*1H3;/q;;;;4*-1;+4. The minimum Gasteiger partial charge on any atom is -0.358 e. The fourth-order valence-corrected chi connectivity index (χ4v) is 0.786. The Morgan fingerprint density at radius 1 is 0.471 bits per heavy atom. The first kappa shape index (κ1) is 43.8. The molecular weight excluding hydrogens is 240 g/mol. The summed E-state index contributed by atoms with van der Waals surface area (Å²) in [5.74, 6) is 0. The zero-order valence-corrected chi connectivity index (χ0v) is 12.1. The van der Waals surface area contributed by atoms with Crippen molar-refractivity contribution in [1.82, 2.24) is 0 Å². The molecule has 2 aliphatic rings. The zero-order valence-electron chi connectivity index (χ0n) is 10.5. The van der Waals surface area contributed by atoms with Crippen LogP contribution >= 0.6 is 0 Å². The molecular formula is C16H32Ti. The van der Waals surface area contributed by atoms with Gasteiger partial charge in [-0.25, -0.2) is 0 Å². The van der Waals surface area contributed by atoms with Crippen molar-refractivity contribution in [1.29, 1.82) is 0 Å². The van der Waals surface area contributed by atoms with Crippen LogP contribution in [0.1, 0.15) is 27.7 Å². The molecule has 1 heteroatoms. The van der Waals surface area contributed by atoms with Crippen LogP contribution < -0.4 is 0 Å². The third-order valence-corrected chi connectivity index (χ3v) is 1.31. The first-order valence-corrected chi connectivity index (χ1v) is 3.63. The molecule has 0 aromatic heterocycles. The molecule has 0 aromatic carbocycles. The molecule has 0 atom stereocenters. The van der Waals surface area contributed by atoms with Gasteiger partial charge in [0.2, 0.25) is 0 Å². The Kier molecular flexibility index (Phi) is 92.9. The molecule has 0 saturated carbocycles. The van der Waals surface area contributed by atoms with Gasteiger partial charge in [-0.2, -0.15) is 0 Å². The Hall–Kier alpha value is -0.326. The molecule has 0 fully saturated rings. The molecule has 0 aromatic rings. The summed E-state index contributed by atoms with van der Waals surface area (Å²) in [6, 6.07) is 0. The molecule has 0 heterocycles. The van der Waals surface area contributed by atoms with Crippen molar-refractivity contribution in [3.63, 3.8) is 0 Å². The van der Waals surface area contributed by atoms with E-state index in [1.54, 1.807) is 0 Å². The van der Waals surface area contributed by atoms with Crippen molar-refractivity contribution in [2.75, 3.05) is 0 Å². The van der Waals surface area contributed by atoms with Gasteiger partial charge < -0.3 is 29.7 Å². The molecule has 0 unspecified atom stereocenters. The van der Waals surface area contributed by atoms with E-state index < -0.39 is 0 Å². The van der Waals surface area contributed by atoms with Gasteiger partial charge in [0.15, 0.2) is 0 Å². The summed E-state index contributed by atoms with van der Waals surface area (Å²) in [4.78, 5) is 0. The van der Waals surface area contributed by atoms with Gasteiger partial charge in [0.05, 0.1) is 0 Å². The number of hydrogen-bond donors (Lipinski definition) is 0. The Bertz CT molecular complexity index is 144. The predicted octanol–water partition coefficient (Wildman–Crippen LogP) is 6.08. The van der Waals surface area contributed by atoms with Gasteiger partial charge in [-0.1, -0.05) is 63.5 Å². The topological polar surface area (TPSA) is 0 Å². The molecule has 0 radical (unpaired) electrons. The van der Waals surface area contributed by atoms with E-state index in [1.807, 2.05) is 0 Å². The van der Waals surface area contributed by atoms with E-state index in [2.05, 4.69) is 48.6 Å². The van der Waals surface area contributed by atoms with Crippen molar-refractivity contribution in [3.8, 4) is 0 Å². The Labute approximate surface area is 127 Å². The number of rotatable bonds is 0. The van der Waals surface area contributed by atoms with Gasteiger partial charge in [-0.15, -0.1) is 0 Å². The molecule has 0 amide bonds. The molecule has 0 N–H and O–H groups in total. The van der Waals surface area contributed by atoms with E-state index in [9.17, 15) is 0 Å². The molecule has 2 rings (SSSR count). The third-order valence-electron chi connectivity index (χ3n) is 1.31. The fraction of sp³-hybridized carbons (Fsp3) is 0.250. The number of allylic oxidation sites excluding steroid dienone is 8. The van der Waals surface area contributed by atoms with Crippen molar-refractivity contribution in [2.45, 2.75) is 27.7 Å². The second-order valence-corrected chi connectivity index (χ2v) is 2.18. The van der Waals surface area contributed by atoms with Crippen molar-refractivity contribution >= 4 is 0 Å². The maximum atomic E-state index is 2.12. The van der Waals surface area contributed by atoms with Crippen molar-refractivity contribution in [2.24, 2.45) is 0 Å². The van der Waals surface area contributed by atoms with Crippen LogP contribution in [0.15, 0.2) is 48.6 Å². The summed E-state index contributed by atoms with van der Waals surface area (Å²) >= 11 is 0. The average molecular weight is 272 g/mol. The molecule has 0 spiro atoms. The van der Waals surface area contributed by atoms with Crippen LogP contribution in [0.3, 0.4) is 0 Å². The van der Waals surface area contributed by atoms with Crippen LogP contribution in [-0.2, 0) is 21.7 Å². The average Bonchev–Trinajstić information content (AvgIpc) is 2.67. The molecule has 0 aliphatic heterocycles. The smallest absolute Gasteiger partial charge is 0.358 e. The van der Waals surface area contributed by atoms with Gasteiger partial charge in [-0.05, 0) is 12.8 Å². The summed E-state index contributed by atoms with van der Waals surface area (Å²) < 4.78 is 0. The van der Waals surface area contributed by atoms with Gasteiger partial charge in [0.1, 0.15) is 0 Å². The number of hydrogen-bond acceptors (Lipinski definition) is 0. The van der Waals surface area contributed by atoms with E-state index in [1.165, 1.54) is 0 Å². The summed E-state index contributed by atoms with van der Waals surface area (Å²) in [6.07, 6.45) is 19.0. The van der Waals surface area contributed by atoms with Gasteiger partial charge in [0.25, 0.3) is 0 Å². The third kappa shape index (κ3) is 31.3. The largest absolute Gasteiger partial charge is 4.00 e. The summed E-state index contributed by atoms with van der Waals surface area (Å²) in [7, 11) is 0. The van der Waals surface area contributed by atoms with Crippen LogP contribution in [0.5, 0.6) is 0 Å². The van der Waals surface area contributed by atoms with Crippen LogP contribution in [-0.4, -0.2) is 0 Å². The summed E-state index contributed by atoms with van der Waals surface area (Å²) in [5.41, 5.74) is 0. The molecule has 0 nitrogen and oxygen atoms in total. The molecule has 0 bridgehead atoms. The quantitative estimate of drug-likeness (QED) is 0.370. The van der Waals surface area contributed by atoms with Crippen molar-refractivity contribution < 1.29 is 21.7 Å². The maximum Gasteiger partial charge on any atom is 4.00 e. The normalized spacial score (nSPS) is 10.4. The van der Waals surface area contributed by atoms with Crippen LogP contribution in [0.2, 0.25) is 0 Å². The predicted molar refractivity (Wildman–Crippen MR) is 84.9 cm³/mol. The van der Waals surface area contributed by atoms with Gasteiger partial charge in [-0.3, -0.25) is 0 Å². The first-order chi connectivity index (χ1) is 5.00. The Balaban J connectivity index is -0.0000000167. The molecule has 17 heavy (non-hydrogen) atoms.